The van der Waals surface area contributed by atoms with Crippen molar-refractivity contribution in [3.05, 3.63) is 46.6 Å². The van der Waals surface area contributed by atoms with Gasteiger partial charge in [0.15, 0.2) is 0 Å². The van der Waals surface area contributed by atoms with E-state index in [1.165, 1.54) is 0 Å². The molecule has 1 N–H and O–H groups in total. The summed E-state index contributed by atoms with van der Waals surface area (Å²) in [5.74, 6) is 1.95. The minimum atomic E-state index is 0.640. The van der Waals surface area contributed by atoms with Crippen LogP contribution in [0.15, 0.2) is 45.3 Å². The maximum absolute atomic E-state index is 5.92. The lowest BCUT2D eigenvalue weighted by Crippen LogP contribution is -2.55. The van der Waals surface area contributed by atoms with Crippen LogP contribution in [0.2, 0.25) is 0 Å². The van der Waals surface area contributed by atoms with Crippen LogP contribution in [0.4, 0.5) is 0 Å². The SMILES string of the molecule is CN(Cc1ccc(-c2ccc(Br)cc2)o1)C1CNC1. The zero-order valence-corrected chi connectivity index (χ0v) is 12.5. The molecule has 19 heavy (non-hydrogen) atoms. The Balaban J connectivity index is 1.70. The van der Waals surface area contributed by atoms with Gasteiger partial charge >= 0.3 is 0 Å². The molecule has 0 radical (unpaired) electrons. The normalized spacial score (nSPS) is 15.7. The van der Waals surface area contributed by atoms with Gasteiger partial charge in [-0.3, -0.25) is 4.90 Å². The quantitative estimate of drug-likeness (QED) is 0.938. The predicted molar refractivity (Wildman–Crippen MR) is 80.0 cm³/mol. The lowest BCUT2D eigenvalue weighted by molar-refractivity contribution is 0.162. The predicted octanol–water partition coefficient (Wildman–Crippen LogP) is 3.11. The van der Waals surface area contributed by atoms with Gasteiger partial charge in [0, 0.05) is 29.2 Å². The third-order valence-corrected chi connectivity index (χ3v) is 4.11. The number of furan rings is 1. The third kappa shape index (κ3) is 2.91. The molecule has 0 saturated carbocycles. The second kappa shape index (κ2) is 5.49. The van der Waals surface area contributed by atoms with Gasteiger partial charge in [-0.1, -0.05) is 28.1 Å². The Morgan fingerprint density at radius 3 is 2.58 bits per heavy atom. The second-order valence-corrected chi connectivity index (χ2v) is 5.92. The molecule has 1 aromatic carbocycles. The molecule has 2 aromatic rings. The summed E-state index contributed by atoms with van der Waals surface area (Å²) in [4.78, 5) is 2.33. The van der Waals surface area contributed by atoms with Crippen LogP contribution in [0.3, 0.4) is 0 Å². The van der Waals surface area contributed by atoms with Crippen LogP contribution in [0.25, 0.3) is 11.3 Å². The van der Waals surface area contributed by atoms with Gasteiger partial charge in [0.05, 0.1) is 6.54 Å². The monoisotopic (exact) mass is 320 g/mol. The van der Waals surface area contributed by atoms with Crippen LogP contribution in [0.5, 0.6) is 0 Å². The highest BCUT2D eigenvalue weighted by Gasteiger charge is 2.22. The van der Waals surface area contributed by atoms with E-state index in [-0.39, 0.29) is 0 Å². The van der Waals surface area contributed by atoms with Crippen molar-refractivity contribution in [3.63, 3.8) is 0 Å². The van der Waals surface area contributed by atoms with Crippen LogP contribution in [0.1, 0.15) is 5.76 Å². The van der Waals surface area contributed by atoms with Crippen molar-refractivity contribution in [1.82, 2.24) is 10.2 Å². The standard InChI is InChI=1S/C15H17BrN2O/c1-18(13-8-17-9-13)10-14-6-7-15(19-14)11-2-4-12(16)5-3-11/h2-7,13,17H,8-10H2,1H3. The van der Waals surface area contributed by atoms with Gasteiger partial charge in [-0.05, 0) is 31.3 Å². The summed E-state index contributed by atoms with van der Waals surface area (Å²) in [7, 11) is 2.15. The topological polar surface area (TPSA) is 28.4 Å². The van der Waals surface area contributed by atoms with Crippen LogP contribution >= 0.6 is 15.9 Å². The van der Waals surface area contributed by atoms with Gasteiger partial charge in [0.2, 0.25) is 0 Å². The zero-order chi connectivity index (χ0) is 13.2. The average Bonchev–Trinajstić information content (AvgIpc) is 2.76. The van der Waals surface area contributed by atoms with Gasteiger partial charge < -0.3 is 9.73 Å². The Kier molecular flexibility index (Phi) is 3.73. The van der Waals surface area contributed by atoms with Crippen LogP contribution in [-0.2, 0) is 6.54 Å². The first-order valence-corrected chi connectivity index (χ1v) is 7.27. The molecular formula is C15H17BrN2O. The van der Waals surface area contributed by atoms with Crippen molar-refractivity contribution in [2.75, 3.05) is 20.1 Å². The number of benzene rings is 1. The van der Waals surface area contributed by atoms with Gasteiger partial charge in [-0.2, -0.15) is 0 Å². The first kappa shape index (κ1) is 12.9. The number of nitrogens with one attached hydrogen (secondary N) is 1. The summed E-state index contributed by atoms with van der Waals surface area (Å²) >= 11 is 3.44. The molecule has 1 saturated heterocycles. The van der Waals surface area contributed by atoms with Crippen molar-refractivity contribution < 1.29 is 4.42 Å². The van der Waals surface area contributed by atoms with Crippen LogP contribution in [0, 0.1) is 0 Å². The van der Waals surface area contributed by atoms with E-state index in [0.29, 0.717) is 6.04 Å². The molecule has 1 aliphatic rings. The van der Waals surface area contributed by atoms with Crippen LogP contribution in [-0.4, -0.2) is 31.1 Å². The van der Waals surface area contributed by atoms with E-state index in [4.69, 9.17) is 4.42 Å². The van der Waals surface area contributed by atoms with Gasteiger partial charge in [0.1, 0.15) is 11.5 Å². The molecule has 1 aromatic heterocycles. The molecule has 0 amide bonds. The summed E-state index contributed by atoms with van der Waals surface area (Å²) in [6.45, 7) is 3.02. The Bertz CT molecular complexity index is 546. The minimum Gasteiger partial charge on any atom is -0.460 e. The highest BCUT2D eigenvalue weighted by atomic mass is 79.9. The Hall–Kier alpha value is -1.10. The lowest BCUT2D eigenvalue weighted by atomic mass is 10.1. The van der Waals surface area contributed by atoms with E-state index in [9.17, 15) is 0 Å². The molecule has 100 valence electrons. The van der Waals surface area contributed by atoms with E-state index in [1.807, 2.05) is 18.2 Å². The molecule has 1 fully saturated rings. The zero-order valence-electron chi connectivity index (χ0n) is 10.9. The fourth-order valence-corrected chi connectivity index (χ4v) is 2.46. The van der Waals surface area contributed by atoms with E-state index >= 15 is 0 Å². The van der Waals surface area contributed by atoms with E-state index in [2.05, 4.69) is 51.4 Å². The molecular weight excluding hydrogens is 304 g/mol. The number of rotatable bonds is 4. The van der Waals surface area contributed by atoms with E-state index < -0.39 is 0 Å². The van der Waals surface area contributed by atoms with Gasteiger partial charge in [0.25, 0.3) is 0 Å². The van der Waals surface area contributed by atoms with Crippen molar-refractivity contribution in [3.8, 4) is 11.3 Å². The van der Waals surface area contributed by atoms with Gasteiger partial charge in [-0.15, -0.1) is 0 Å². The van der Waals surface area contributed by atoms with E-state index in [0.717, 1.165) is 41.2 Å². The molecule has 0 bridgehead atoms. The largest absolute Gasteiger partial charge is 0.460 e. The summed E-state index contributed by atoms with van der Waals surface area (Å²) in [5, 5.41) is 3.29. The average molecular weight is 321 g/mol. The number of likely N-dealkylation sites (N-methyl/N-ethyl adjacent to an activating group) is 1. The molecule has 0 spiro atoms. The summed E-state index contributed by atoms with van der Waals surface area (Å²) in [6, 6.07) is 12.9. The van der Waals surface area contributed by atoms with E-state index in [1.54, 1.807) is 0 Å². The van der Waals surface area contributed by atoms with Crippen molar-refractivity contribution >= 4 is 15.9 Å². The molecule has 0 unspecified atom stereocenters. The fraction of sp³-hybridized carbons (Fsp3) is 0.333. The lowest BCUT2D eigenvalue weighted by Gasteiger charge is -2.35. The molecule has 0 atom stereocenters. The maximum Gasteiger partial charge on any atom is 0.134 e. The smallest absolute Gasteiger partial charge is 0.134 e. The first-order chi connectivity index (χ1) is 9.22. The summed E-state index contributed by atoms with van der Waals surface area (Å²) in [6.07, 6.45) is 0. The summed E-state index contributed by atoms with van der Waals surface area (Å²) in [5.41, 5.74) is 1.11. The number of hydrogen-bond donors (Lipinski definition) is 1. The highest BCUT2D eigenvalue weighted by molar-refractivity contribution is 9.10. The maximum atomic E-state index is 5.92. The Labute approximate surface area is 121 Å². The molecule has 4 heteroatoms. The fourth-order valence-electron chi connectivity index (χ4n) is 2.19. The third-order valence-electron chi connectivity index (χ3n) is 3.58. The Morgan fingerprint density at radius 1 is 1.21 bits per heavy atom. The van der Waals surface area contributed by atoms with Crippen molar-refractivity contribution in [2.24, 2.45) is 0 Å². The molecule has 3 nitrogen and oxygen atoms in total. The number of halogens is 1. The highest BCUT2D eigenvalue weighted by Crippen LogP contribution is 2.24. The minimum absolute atomic E-state index is 0.640. The van der Waals surface area contributed by atoms with Crippen molar-refractivity contribution in [2.45, 2.75) is 12.6 Å². The molecule has 2 heterocycles. The number of nitrogens with zero attached hydrogens (tertiary/aromatic N) is 1. The van der Waals surface area contributed by atoms with Gasteiger partial charge in [-0.25, -0.2) is 0 Å². The molecule has 3 rings (SSSR count). The molecule has 1 aliphatic heterocycles. The molecule has 0 aliphatic carbocycles. The summed E-state index contributed by atoms with van der Waals surface area (Å²) < 4.78 is 7.01. The Morgan fingerprint density at radius 2 is 1.95 bits per heavy atom. The number of hydrogen-bond acceptors (Lipinski definition) is 3. The first-order valence-electron chi connectivity index (χ1n) is 6.48. The van der Waals surface area contributed by atoms with Crippen LogP contribution < -0.4 is 5.32 Å². The van der Waals surface area contributed by atoms with Crippen molar-refractivity contribution in [1.29, 1.82) is 0 Å². The second-order valence-electron chi connectivity index (χ2n) is 5.00.